The van der Waals surface area contributed by atoms with Crippen molar-refractivity contribution in [2.24, 2.45) is 0 Å². The SMILES string of the molecule is Cc1ccc2oc3c(-c4ccc(N(c5ccc(-c6cccc7ccccc67)cc5)c5cccc(-c6ccc7ccccc7c6)c5)cc4)cc(C)cc3c2c1. The van der Waals surface area contributed by atoms with Crippen LogP contribution in [0.4, 0.5) is 17.1 Å². The summed E-state index contributed by atoms with van der Waals surface area (Å²) in [6.07, 6.45) is 0. The highest BCUT2D eigenvalue weighted by molar-refractivity contribution is 6.10. The van der Waals surface area contributed by atoms with Crippen LogP contribution in [0.5, 0.6) is 0 Å². The third-order valence-corrected chi connectivity index (χ3v) is 10.7. The number of anilines is 3. The average Bonchev–Trinajstić information content (AvgIpc) is 3.58. The largest absolute Gasteiger partial charge is 0.455 e. The number of fused-ring (bicyclic) bond motifs is 5. The second kappa shape index (κ2) is 12.9. The van der Waals surface area contributed by atoms with E-state index in [2.05, 4.69) is 207 Å². The van der Waals surface area contributed by atoms with Crippen LogP contribution in [0, 0.1) is 13.8 Å². The molecule has 0 radical (unpaired) electrons. The molecule has 0 amide bonds. The molecule has 0 unspecified atom stereocenters. The number of hydrogen-bond acceptors (Lipinski definition) is 2. The molecule has 0 aliphatic heterocycles. The Balaban J connectivity index is 1.09. The van der Waals surface area contributed by atoms with Gasteiger partial charge in [-0.1, -0.05) is 127 Å². The van der Waals surface area contributed by atoms with Gasteiger partial charge in [0.05, 0.1) is 0 Å². The van der Waals surface area contributed by atoms with E-state index in [1.807, 2.05) is 0 Å². The minimum absolute atomic E-state index is 0.920. The summed E-state index contributed by atoms with van der Waals surface area (Å²) in [5.74, 6) is 0. The first-order valence-electron chi connectivity index (χ1n) is 18.6. The van der Waals surface area contributed by atoms with E-state index >= 15 is 0 Å². The van der Waals surface area contributed by atoms with Crippen molar-refractivity contribution in [1.29, 1.82) is 0 Å². The lowest BCUT2D eigenvalue weighted by molar-refractivity contribution is 0.670. The van der Waals surface area contributed by atoms with Crippen LogP contribution in [0.25, 0.3) is 76.9 Å². The van der Waals surface area contributed by atoms with E-state index in [0.29, 0.717) is 0 Å². The summed E-state index contributed by atoms with van der Waals surface area (Å²) >= 11 is 0. The van der Waals surface area contributed by atoms with Crippen LogP contribution in [0.15, 0.2) is 192 Å². The molecule has 0 saturated heterocycles. The topological polar surface area (TPSA) is 16.4 Å². The molecule has 0 aliphatic rings. The maximum Gasteiger partial charge on any atom is 0.143 e. The molecule has 2 heteroatoms. The molecule has 0 fully saturated rings. The second-order valence-corrected chi connectivity index (χ2v) is 14.4. The van der Waals surface area contributed by atoms with Gasteiger partial charge in [0.15, 0.2) is 0 Å². The lowest BCUT2D eigenvalue weighted by Gasteiger charge is -2.26. The molecular weight excluding hydrogens is 655 g/mol. The maximum atomic E-state index is 6.51. The van der Waals surface area contributed by atoms with E-state index in [0.717, 1.165) is 50.1 Å². The monoisotopic (exact) mass is 691 g/mol. The molecule has 10 aromatic rings. The van der Waals surface area contributed by atoms with Crippen LogP contribution >= 0.6 is 0 Å². The Hall–Kier alpha value is -6.90. The zero-order valence-corrected chi connectivity index (χ0v) is 30.3. The molecule has 10 rings (SSSR count). The zero-order chi connectivity index (χ0) is 36.2. The van der Waals surface area contributed by atoms with Crippen molar-refractivity contribution < 1.29 is 4.42 Å². The predicted octanol–water partition coefficient (Wildman–Crippen LogP) is 15.0. The predicted molar refractivity (Wildman–Crippen MR) is 229 cm³/mol. The quantitative estimate of drug-likeness (QED) is 0.173. The Morgan fingerprint density at radius 3 is 1.78 bits per heavy atom. The number of furan rings is 1. The van der Waals surface area contributed by atoms with Gasteiger partial charge in [-0.15, -0.1) is 0 Å². The molecule has 0 bridgehead atoms. The number of rotatable bonds is 6. The summed E-state index contributed by atoms with van der Waals surface area (Å²) in [4.78, 5) is 2.36. The molecule has 1 aromatic heterocycles. The average molecular weight is 692 g/mol. The molecular formula is C52H37NO. The van der Waals surface area contributed by atoms with E-state index in [-0.39, 0.29) is 0 Å². The van der Waals surface area contributed by atoms with Gasteiger partial charge in [-0.25, -0.2) is 0 Å². The van der Waals surface area contributed by atoms with Crippen molar-refractivity contribution in [2.75, 3.05) is 4.90 Å². The first kappa shape index (κ1) is 31.8. The highest BCUT2D eigenvalue weighted by atomic mass is 16.3. The van der Waals surface area contributed by atoms with E-state index in [9.17, 15) is 0 Å². The van der Waals surface area contributed by atoms with Gasteiger partial charge in [-0.2, -0.15) is 0 Å². The van der Waals surface area contributed by atoms with Gasteiger partial charge in [-0.05, 0) is 136 Å². The summed E-state index contributed by atoms with van der Waals surface area (Å²) in [6.45, 7) is 4.30. The van der Waals surface area contributed by atoms with Crippen molar-refractivity contribution in [2.45, 2.75) is 13.8 Å². The smallest absolute Gasteiger partial charge is 0.143 e. The van der Waals surface area contributed by atoms with Crippen molar-refractivity contribution in [3.63, 3.8) is 0 Å². The van der Waals surface area contributed by atoms with Crippen molar-refractivity contribution in [3.05, 3.63) is 199 Å². The van der Waals surface area contributed by atoms with Gasteiger partial charge in [0.1, 0.15) is 11.2 Å². The number of aryl methyl sites for hydroxylation is 2. The molecule has 0 saturated carbocycles. The minimum Gasteiger partial charge on any atom is -0.455 e. The summed E-state index contributed by atoms with van der Waals surface area (Å²) in [5, 5.41) is 7.31. The fraction of sp³-hybridized carbons (Fsp3) is 0.0385. The van der Waals surface area contributed by atoms with Crippen LogP contribution in [-0.2, 0) is 0 Å². The Labute approximate surface area is 315 Å². The van der Waals surface area contributed by atoms with Crippen molar-refractivity contribution >= 4 is 60.5 Å². The zero-order valence-electron chi connectivity index (χ0n) is 30.3. The maximum absolute atomic E-state index is 6.51. The van der Waals surface area contributed by atoms with Crippen LogP contribution in [0.3, 0.4) is 0 Å². The van der Waals surface area contributed by atoms with E-state index < -0.39 is 0 Å². The van der Waals surface area contributed by atoms with Crippen LogP contribution in [0.2, 0.25) is 0 Å². The van der Waals surface area contributed by atoms with Crippen molar-refractivity contribution in [1.82, 2.24) is 0 Å². The molecule has 256 valence electrons. The summed E-state index contributed by atoms with van der Waals surface area (Å²) in [6, 6.07) is 68.1. The minimum atomic E-state index is 0.920. The Bertz CT molecular complexity index is 3000. The van der Waals surface area contributed by atoms with E-state index in [1.54, 1.807) is 0 Å². The van der Waals surface area contributed by atoms with Crippen LogP contribution < -0.4 is 4.90 Å². The molecule has 54 heavy (non-hydrogen) atoms. The number of nitrogens with zero attached hydrogens (tertiary/aromatic N) is 1. The lowest BCUT2D eigenvalue weighted by atomic mass is 9.97. The van der Waals surface area contributed by atoms with E-state index in [4.69, 9.17) is 4.42 Å². The summed E-state index contributed by atoms with van der Waals surface area (Å²) in [5.41, 5.74) is 14.6. The molecule has 1 heterocycles. The molecule has 0 atom stereocenters. The Morgan fingerprint density at radius 2 is 0.981 bits per heavy atom. The van der Waals surface area contributed by atoms with E-state index in [1.165, 1.54) is 54.9 Å². The molecule has 0 N–H and O–H groups in total. The Kier molecular flexibility index (Phi) is 7.63. The summed E-state index contributed by atoms with van der Waals surface area (Å²) < 4.78 is 6.51. The van der Waals surface area contributed by atoms with Gasteiger partial charge in [0.2, 0.25) is 0 Å². The summed E-state index contributed by atoms with van der Waals surface area (Å²) in [7, 11) is 0. The van der Waals surface area contributed by atoms with Crippen LogP contribution in [0.1, 0.15) is 11.1 Å². The van der Waals surface area contributed by atoms with Crippen LogP contribution in [-0.4, -0.2) is 0 Å². The molecule has 0 aliphatic carbocycles. The van der Waals surface area contributed by atoms with Gasteiger partial charge in [-0.3, -0.25) is 0 Å². The third-order valence-electron chi connectivity index (χ3n) is 10.7. The number of hydrogen-bond donors (Lipinski definition) is 0. The molecule has 0 spiro atoms. The van der Waals surface area contributed by atoms with Crippen molar-refractivity contribution in [3.8, 4) is 33.4 Å². The standard InChI is InChI=1S/C52H37NO/c1-34-17-28-51-49(29-34)50-31-35(2)30-48(52(50)54-51)39-22-26-44(27-23-39)53(43-24-20-38(21-25-43)47-16-8-12-37-10-5-6-15-46(37)47)45-14-7-13-41(33-45)42-19-18-36-9-3-4-11-40(36)32-42/h3-33H,1-2H3. The van der Waals surface area contributed by atoms with Gasteiger partial charge < -0.3 is 9.32 Å². The Morgan fingerprint density at radius 1 is 0.352 bits per heavy atom. The van der Waals surface area contributed by atoms with Gasteiger partial charge in [0.25, 0.3) is 0 Å². The fourth-order valence-corrected chi connectivity index (χ4v) is 8.05. The highest BCUT2D eigenvalue weighted by Gasteiger charge is 2.17. The number of benzene rings is 9. The molecule has 9 aromatic carbocycles. The first-order valence-corrected chi connectivity index (χ1v) is 18.6. The molecule has 2 nitrogen and oxygen atoms in total. The van der Waals surface area contributed by atoms with Gasteiger partial charge >= 0.3 is 0 Å². The van der Waals surface area contributed by atoms with Gasteiger partial charge in [0, 0.05) is 33.4 Å². The fourth-order valence-electron chi connectivity index (χ4n) is 8.05. The third kappa shape index (κ3) is 5.60. The highest BCUT2D eigenvalue weighted by Crippen LogP contribution is 2.41. The normalized spacial score (nSPS) is 11.5. The lowest BCUT2D eigenvalue weighted by Crippen LogP contribution is -2.10. The second-order valence-electron chi connectivity index (χ2n) is 14.4. The first-order chi connectivity index (χ1) is 26.6.